The maximum atomic E-state index is 4.70. The van der Waals surface area contributed by atoms with Gasteiger partial charge in [-0.1, -0.05) is 30.3 Å². The number of hydrogen-bond donors (Lipinski definition) is 0. The zero-order valence-electron chi connectivity index (χ0n) is 14.0. The molecule has 0 atom stereocenters. The molecule has 0 N–H and O–H groups in total. The number of rotatable bonds is 3. The first-order chi connectivity index (χ1) is 11.8. The predicted molar refractivity (Wildman–Crippen MR) is 106 cm³/mol. The Morgan fingerprint density at radius 3 is 2.50 bits per heavy atom. The Morgan fingerprint density at radius 2 is 1.75 bits per heavy atom. The number of nitrogens with zero attached hydrogens (tertiary/aromatic N) is 2. The molecule has 1 saturated heterocycles. The SMILES string of the molecule is Cc1cccc2nc(C=Cc3ccc(N4CCCCC4)cc3)sc12. The molecule has 24 heavy (non-hydrogen) atoms. The number of aromatic nitrogens is 1. The lowest BCUT2D eigenvalue weighted by Crippen LogP contribution is -2.29. The van der Waals surface area contributed by atoms with Crippen molar-refractivity contribution in [2.75, 3.05) is 18.0 Å². The first-order valence-corrected chi connectivity index (χ1v) is 9.50. The van der Waals surface area contributed by atoms with E-state index in [9.17, 15) is 0 Å². The van der Waals surface area contributed by atoms with Gasteiger partial charge in [0.25, 0.3) is 0 Å². The summed E-state index contributed by atoms with van der Waals surface area (Å²) in [6, 6.07) is 15.2. The summed E-state index contributed by atoms with van der Waals surface area (Å²) < 4.78 is 1.29. The van der Waals surface area contributed by atoms with E-state index in [0.717, 1.165) is 10.5 Å². The molecule has 2 nitrogen and oxygen atoms in total. The van der Waals surface area contributed by atoms with E-state index in [1.807, 2.05) is 0 Å². The molecule has 1 fully saturated rings. The van der Waals surface area contributed by atoms with Gasteiger partial charge >= 0.3 is 0 Å². The van der Waals surface area contributed by atoms with Crippen LogP contribution in [0.1, 0.15) is 35.4 Å². The van der Waals surface area contributed by atoms with E-state index in [0.29, 0.717) is 0 Å². The third-order valence-electron chi connectivity index (χ3n) is 4.66. The second-order valence-electron chi connectivity index (χ2n) is 6.45. The molecule has 2 heterocycles. The van der Waals surface area contributed by atoms with Crippen LogP contribution in [-0.4, -0.2) is 18.1 Å². The van der Waals surface area contributed by atoms with Crippen LogP contribution in [0.15, 0.2) is 42.5 Å². The number of aryl methyl sites for hydroxylation is 1. The highest BCUT2D eigenvalue weighted by atomic mass is 32.1. The van der Waals surface area contributed by atoms with Crippen LogP contribution in [0.3, 0.4) is 0 Å². The van der Waals surface area contributed by atoms with E-state index in [1.165, 1.54) is 53.9 Å². The molecule has 1 aliphatic heterocycles. The lowest BCUT2D eigenvalue weighted by atomic mass is 10.1. The highest BCUT2D eigenvalue weighted by Gasteiger charge is 2.10. The molecule has 122 valence electrons. The minimum atomic E-state index is 1.07. The van der Waals surface area contributed by atoms with Gasteiger partial charge in [0.05, 0.1) is 10.2 Å². The largest absolute Gasteiger partial charge is 0.372 e. The topological polar surface area (TPSA) is 16.1 Å². The minimum Gasteiger partial charge on any atom is -0.372 e. The van der Waals surface area contributed by atoms with Gasteiger partial charge in [-0.25, -0.2) is 4.98 Å². The summed E-state index contributed by atoms with van der Waals surface area (Å²) in [6.07, 6.45) is 8.29. The molecular formula is C21H22N2S. The van der Waals surface area contributed by atoms with E-state index in [-0.39, 0.29) is 0 Å². The van der Waals surface area contributed by atoms with Crippen molar-refractivity contribution < 1.29 is 0 Å². The van der Waals surface area contributed by atoms with Gasteiger partial charge in [-0.3, -0.25) is 0 Å². The fourth-order valence-corrected chi connectivity index (χ4v) is 4.23. The van der Waals surface area contributed by atoms with Gasteiger partial charge in [0.2, 0.25) is 0 Å². The maximum absolute atomic E-state index is 4.70. The molecule has 0 spiro atoms. The summed E-state index contributed by atoms with van der Waals surface area (Å²) in [5.41, 5.74) is 4.98. The van der Waals surface area contributed by atoms with Gasteiger partial charge in [-0.2, -0.15) is 0 Å². The van der Waals surface area contributed by atoms with Gasteiger partial charge in [-0.05, 0) is 61.6 Å². The molecule has 0 saturated carbocycles. The van der Waals surface area contributed by atoms with E-state index in [1.54, 1.807) is 11.3 Å². The van der Waals surface area contributed by atoms with Crippen LogP contribution in [0.5, 0.6) is 0 Å². The average molecular weight is 334 g/mol. The number of hydrogen-bond acceptors (Lipinski definition) is 3. The Morgan fingerprint density at radius 1 is 0.958 bits per heavy atom. The molecule has 2 aromatic carbocycles. The van der Waals surface area contributed by atoms with E-state index in [4.69, 9.17) is 4.98 Å². The second kappa shape index (κ2) is 6.78. The van der Waals surface area contributed by atoms with Crippen molar-refractivity contribution in [3.63, 3.8) is 0 Å². The van der Waals surface area contributed by atoms with Gasteiger partial charge < -0.3 is 4.90 Å². The summed E-state index contributed by atoms with van der Waals surface area (Å²) >= 11 is 1.76. The first kappa shape index (κ1) is 15.4. The van der Waals surface area contributed by atoms with Gasteiger partial charge in [0, 0.05) is 18.8 Å². The fourth-order valence-electron chi connectivity index (χ4n) is 3.29. The van der Waals surface area contributed by atoms with Crippen molar-refractivity contribution in [1.82, 2.24) is 4.98 Å². The monoisotopic (exact) mass is 334 g/mol. The average Bonchev–Trinajstić information content (AvgIpc) is 3.06. The van der Waals surface area contributed by atoms with Crippen LogP contribution < -0.4 is 4.90 Å². The number of benzene rings is 2. The second-order valence-corrected chi connectivity index (χ2v) is 7.48. The standard InChI is InChI=1S/C21H22N2S/c1-16-6-5-7-19-21(16)24-20(22-19)13-10-17-8-11-18(12-9-17)23-14-3-2-4-15-23/h5-13H,2-4,14-15H2,1H3. The third-order valence-corrected chi connectivity index (χ3v) is 5.83. The number of piperidine rings is 1. The highest BCUT2D eigenvalue weighted by Crippen LogP contribution is 2.27. The normalized spacial score (nSPS) is 15.5. The summed E-state index contributed by atoms with van der Waals surface area (Å²) in [7, 11) is 0. The molecule has 1 aromatic heterocycles. The highest BCUT2D eigenvalue weighted by molar-refractivity contribution is 7.19. The van der Waals surface area contributed by atoms with Crippen molar-refractivity contribution in [3.8, 4) is 0 Å². The Bertz CT molecular complexity index is 855. The number of anilines is 1. The van der Waals surface area contributed by atoms with Gasteiger partial charge in [-0.15, -0.1) is 11.3 Å². The summed E-state index contributed by atoms with van der Waals surface area (Å²) in [6.45, 7) is 4.54. The summed E-state index contributed by atoms with van der Waals surface area (Å²) in [4.78, 5) is 7.20. The van der Waals surface area contributed by atoms with Gasteiger partial charge in [0.15, 0.2) is 0 Å². The quantitative estimate of drug-likeness (QED) is 0.605. The molecule has 0 amide bonds. The fraction of sp³-hybridized carbons (Fsp3) is 0.286. The van der Waals surface area contributed by atoms with Crippen molar-refractivity contribution in [3.05, 3.63) is 58.6 Å². The van der Waals surface area contributed by atoms with E-state index >= 15 is 0 Å². The zero-order chi connectivity index (χ0) is 16.4. The summed E-state index contributed by atoms with van der Waals surface area (Å²) in [5.74, 6) is 0. The van der Waals surface area contributed by atoms with Crippen molar-refractivity contribution in [2.45, 2.75) is 26.2 Å². The van der Waals surface area contributed by atoms with Crippen molar-refractivity contribution in [2.24, 2.45) is 0 Å². The van der Waals surface area contributed by atoms with E-state index in [2.05, 4.69) is 66.4 Å². The third kappa shape index (κ3) is 3.22. The van der Waals surface area contributed by atoms with Crippen LogP contribution in [0, 0.1) is 6.92 Å². The van der Waals surface area contributed by atoms with Crippen LogP contribution in [0.4, 0.5) is 5.69 Å². The maximum Gasteiger partial charge on any atom is 0.117 e. The molecule has 1 aliphatic rings. The molecule has 3 heteroatoms. The Kier molecular flexibility index (Phi) is 4.35. The molecule has 0 aliphatic carbocycles. The molecule has 3 aromatic rings. The molecule has 0 bridgehead atoms. The summed E-state index contributed by atoms with van der Waals surface area (Å²) in [5, 5.41) is 1.07. The first-order valence-electron chi connectivity index (χ1n) is 8.69. The zero-order valence-corrected chi connectivity index (χ0v) is 14.9. The number of thiazole rings is 1. The lowest BCUT2D eigenvalue weighted by Gasteiger charge is -2.28. The molecule has 4 rings (SSSR count). The predicted octanol–water partition coefficient (Wildman–Crippen LogP) is 5.77. The Balaban J connectivity index is 1.51. The van der Waals surface area contributed by atoms with Crippen molar-refractivity contribution >= 4 is 39.4 Å². The Hall–Kier alpha value is -2.13. The lowest BCUT2D eigenvalue weighted by molar-refractivity contribution is 0.578. The minimum absolute atomic E-state index is 1.07. The molecular weight excluding hydrogens is 312 g/mol. The van der Waals surface area contributed by atoms with Crippen LogP contribution in [0.25, 0.3) is 22.4 Å². The van der Waals surface area contributed by atoms with Crippen LogP contribution >= 0.6 is 11.3 Å². The van der Waals surface area contributed by atoms with Crippen LogP contribution in [0.2, 0.25) is 0 Å². The molecule has 0 radical (unpaired) electrons. The number of fused-ring (bicyclic) bond motifs is 1. The van der Waals surface area contributed by atoms with Gasteiger partial charge in [0.1, 0.15) is 5.01 Å². The molecule has 0 unspecified atom stereocenters. The smallest absolute Gasteiger partial charge is 0.117 e. The van der Waals surface area contributed by atoms with E-state index < -0.39 is 0 Å². The van der Waals surface area contributed by atoms with Crippen LogP contribution in [-0.2, 0) is 0 Å². The van der Waals surface area contributed by atoms with Crippen molar-refractivity contribution in [1.29, 1.82) is 0 Å². The Labute approximate surface area is 147 Å².